The van der Waals surface area contributed by atoms with Gasteiger partial charge in [0.25, 0.3) is 0 Å². The summed E-state index contributed by atoms with van der Waals surface area (Å²) in [5, 5.41) is 0.417. The number of nitrogens with zero attached hydrogens (tertiary/aromatic N) is 1. The zero-order valence-corrected chi connectivity index (χ0v) is 15.6. The predicted molar refractivity (Wildman–Crippen MR) is 98.0 cm³/mol. The number of esters is 1. The molecule has 0 aliphatic heterocycles. The van der Waals surface area contributed by atoms with Gasteiger partial charge in [-0.05, 0) is 37.3 Å². The maximum Gasteiger partial charge on any atom is 0.311 e. The number of oxazole rings is 1. The Morgan fingerprint density at radius 3 is 2.79 bits per heavy atom. The molecule has 5 nitrogen and oxygen atoms in total. The molecule has 1 heterocycles. The zero-order valence-electron chi connectivity index (χ0n) is 14.9. The molecule has 2 aromatic carbocycles. The molecule has 0 saturated heterocycles. The second-order valence-corrected chi connectivity index (χ2v) is 6.23. The van der Waals surface area contributed by atoms with Crippen LogP contribution in [0.15, 0.2) is 47.1 Å². The molecule has 0 spiro atoms. The van der Waals surface area contributed by atoms with Gasteiger partial charge in [0.2, 0.25) is 5.89 Å². The Hall–Kier alpha value is -2.93. The molecule has 1 aromatic heterocycles. The molecular weight excluding hydrogens is 392 g/mol. The SMILES string of the molecule is CCOC(=O)Cc1coc(-c2cc(Cl)ccc2OCc2ccc(F)cc2F)n1. The fourth-order valence-electron chi connectivity index (χ4n) is 2.46. The minimum atomic E-state index is -0.705. The van der Waals surface area contributed by atoms with Gasteiger partial charge in [-0.3, -0.25) is 4.79 Å². The lowest BCUT2D eigenvalue weighted by Crippen LogP contribution is -2.07. The summed E-state index contributed by atoms with van der Waals surface area (Å²) in [4.78, 5) is 15.8. The topological polar surface area (TPSA) is 61.6 Å². The lowest BCUT2D eigenvalue weighted by Gasteiger charge is -2.11. The van der Waals surface area contributed by atoms with Crippen LogP contribution < -0.4 is 4.74 Å². The van der Waals surface area contributed by atoms with E-state index < -0.39 is 17.6 Å². The molecule has 0 aliphatic carbocycles. The van der Waals surface area contributed by atoms with E-state index in [-0.39, 0.29) is 31.1 Å². The van der Waals surface area contributed by atoms with Crippen molar-refractivity contribution in [2.24, 2.45) is 0 Å². The molecule has 0 aliphatic rings. The first-order valence-corrected chi connectivity index (χ1v) is 8.80. The third-order valence-electron chi connectivity index (χ3n) is 3.75. The van der Waals surface area contributed by atoms with Gasteiger partial charge in [-0.15, -0.1) is 0 Å². The van der Waals surface area contributed by atoms with Crippen LogP contribution in [0.3, 0.4) is 0 Å². The first-order valence-electron chi connectivity index (χ1n) is 8.43. The van der Waals surface area contributed by atoms with Crippen LogP contribution in [-0.4, -0.2) is 17.6 Å². The van der Waals surface area contributed by atoms with E-state index in [1.807, 2.05) is 0 Å². The maximum absolute atomic E-state index is 13.8. The van der Waals surface area contributed by atoms with Crippen LogP contribution in [0.4, 0.5) is 8.78 Å². The number of aromatic nitrogens is 1. The van der Waals surface area contributed by atoms with Crippen molar-refractivity contribution in [1.82, 2.24) is 4.98 Å². The molecule has 0 radical (unpaired) electrons. The van der Waals surface area contributed by atoms with Crippen LogP contribution in [0, 0.1) is 11.6 Å². The van der Waals surface area contributed by atoms with Crippen LogP contribution in [0.2, 0.25) is 5.02 Å². The standard InChI is InChI=1S/C20H16ClF2NO4/c1-2-26-19(25)9-15-11-28-20(24-15)16-7-13(21)4-6-18(16)27-10-12-3-5-14(22)8-17(12)23/h3-8,11H,2,9-10H2,1H3. The largest absolute Gasteiger partial charge is 0.488 e. The third-order valence-corrected chi connectivity index (χ3v) is 3.99. The Bertz CT molecular complexity index is 990. The number of ether oxygens (including phenoxy) is 2. The van der Waals surface area contributed by atoms with E-state index in [0.29, 0.717) is 22.0 Å². The molecule has 0 amide bonds. The van der Waals surface area contributed by atoms with Gasteiger partial charge in [0.15, 0.2) is 0 Å². The minimum absolute atomic E-state index is 0.0329. The van der Waals surface area contributed by atoms with Gasteiger partial charge in [-0.2, -0.15) is 0 Å². The predicted octanol–water partition coefficient (Wildman–Crippen LogP) is 4.96. The molecule has 28 heavy (non-hydrogen) atoms. The molecule has 3 aromatic rings. The molecule has 8 heteroatoms. The van der Waals surface area contributed by atoms with E-state index in [1.54, 1.807) is 25.1 Å². The van der Waals surface area contributed by atoms with Gasteiger partial charge in [-0.1, -0.05) is 11.6 Å². The summed E-state index contributed by atoms with van der Waals surface area (Å²) in [5.74, 6) is -1.25. The number of hydrogen-bond acceptors (Lipinski definition) is 5. The quantitative estimate of drug-likeness (QED) is 0.518. The van der Waals surface area contributed by atoms with Crippen molar-refractivity contribution in [2.75, 3.05) is 6.61 Å². The van der Waals surface area contributed by atoms with E-state index >= 15 is 0 Å². The summed E-state index contributed by atoms with van der Waals surface area (Å²) in [6.45, 7) is 1.86. The summed E-state index contributed by atoms with van der Waals surface area (Å²) in [6, 6.07) is 8.02. The van der Waals surface area contributed by atoms with E-state index in [9.17, 15) is 13.6 Å². The fraction of sp³-hybridized carbons (Fsp3) is 0.200. The molecule has 0 fully saturated rings. The second-order valence-electron chi connectivity index (χ2n) is 5.79. The van der Waals surface area contributed by atoms with Crippen molar-refractivity contribution in [3.63, 3.8) is 0 Å². The Morgan fingerprint density at radius 2 is 2.04 bits per heavy atom. The molecule has 0 atom stereocenters. The number of benzene rings is 2. The van der Waals surface area contributed by atoms with Gasteiger partial charge >= 0.3 is 5.97 Å². The Kier molecular flexibility index (Phi) is 6.26. The number of halogens is 3. The molecular formula is C20H16ClF2NO4. The van der Waals surface area contributed by atoms with E-state index in [0.717, 1.165) is 12.1 Å². The Morgan fingerprint density at radius 1 is 1.21 bits per heavy atom. The highest BCUT2D eigenvalue weighted by molar-refractivity contribution is 6.30. The van der Waals surface area contributed by atoms with Crippen LogP contribution in [0.1, 0.15) is 18.2 Å². The smallest absolute Gasteiger partial charge is 0.311 e. The van der Waals surface area contributed by atoms with E-state index in [1.165, 1.54) is 12.3 Å². The minimum Gasteiger partial charge on any atom is -0.488 e. The van der Waals surface area contributed by atoms with Crippen molar-refractivity contribution in [1.29, 1.82) is 0 Å². The van der Waals surface area contributed by atoms with Crippen molar-refractivity contribution in [3.05, 3.63) is 70.6 Å². The van der Waals surface area contributed by atoms with E-state index in [2.05, 4.69) is 4.98 Å². The van der Waals surface area contributed by atoms with Crippen LogP contribution >= 0.6 is 11.6 Å². The molecule has 3 rings (SSSR count). The van der Waals surface area contributed by atoms with Crippen LogP contribution in [0.25, 0.3) is 11.5 Å². The summed E-state index contributed by atoms with van der Waals surface area (Å²) in [7, 11) is 0. The summed E-state index contributed by atoms with van der Waals surface area (Å²) < 4.78 is 42.8. The van der Waals surface area contributed by atoms with Gasteiger partial charge in [-0.25, -0.2) is 13.8 Å². The summed E-state index contributed by atoms with van der Waals surface area (Å²) in [6.07, 6.45) is 1.31. The van der Waals surface area contributed by atoms with Crippen molar-refractivity contribution < 1.29 is 27.5 Å². The van der Waals surface area contributed by atoms with Gasteiger partial charge in [0.1, 0.15) is 30.3 Å². The highest BCUT2D eigenvalue weighted by atomic mass is 35.5. The normalized spacial score (nSPS) is 10.7. The highest BCUT2D eigenvalue weighted by Crippen LogP contribution is 2.33. The maximum atomic E-state index is 13.8. The van der Waals surface area contributed by atoms with Crippen molar-refractivity contribution in [2.45, 2.75) is 20.0 Å². The first kappa shape index (κ1) is 19.8. The van der Waals surface area contributed by atoms with Crippen molar-refractivity contribution >= 4 is 17.6 Å². The third kappa shape index (κ3) is 4.86. The van der Waals surface area contributed by atoms with Gasteiger partial charge in [0.05, 0.1) is 24.3 Å². The number of carbonyl (C=O) groups excluding carboxylic acids is 1. The molecule has 0 bridgehead atoms. The Labute approximate surface area is 164 Å². The van der Waals surface area contributed by atoms with Crippen LogP contribution in [-0.2, 0) is 22.6 Å². The van der Waals surface area contributed by atoms with Gasteiger partial charge < -0.3 is 13.9 Å². The number of rotatable bonds is 7. The number of hydrogen-bond donors (Lipinski definition) is 0. The molecule has 146 valence electrons. The molecule has 0 unspecified atom stereocenters. The fourth-order valence-corrected chi connectivity index (χ4v) is 2.63. The second kappa shape index (κ2) is 8.84. The zero-order chi connectivity index (χ0) is 20.1. The summed E-state index contributed by atoms with van der Waals surface area (Å²) >= 11 is 6.06. The van der Waals surface area contributed by atoms with Gasteiger partial charge in [0, 0.05) is 16.7 Å². The van der Waals surface area contributed by atoms with E-state index in [4.69, 9.17) is 25.5 Å². The average Bonchev–Trinajstić information content (AvgIpc) is 3.10. The first-order chi connectivity index (χ1) is 13.5. The van der Waals surface area contributed by atoms with Crippen LogP contribution in [0.5, 0.6) is 5.75 Å². The molecule has 0 saturated carbocycles. The monoisotopic (exact) mass is 407 g/mol. The lowest BCUT2D eigenvalue weighted by molar-refractivity contribution is -0.142. The number of carbonyl (C=O) groups is 1. The lowest BCUT2D eigenvalue weighted by atomic mass is 10.2. The Balaban J connectivity index is 1.81. The average molecular weight is 408 g/mol. The highest BCUT2D eigenvalue weighted by Gasteiger charge is 2.16. The summed E-state index contributed by atoms with van der Waals surface area (Å²) in [5.41, 5.74) is 1.02. The van der Waals surface area contributed by atoms with Crippen molar-refractivity contribution in [3.8, 4) is 17.2 Å². The molecule has 0 N–H and O–H groups in total.